The normalized spacial score (nSPS) is 15.7. The zero-order valence-corrected chi connectivity index (χ0v) is 15.8. The number of carbonyl (C=O) groups excluding carboxylic acids is 1. The summed E-state index contributed by atoms with van der Waals surface area (Å²) in [5.74, 6) is 0.440. The monoisotopic (exact) mass is 379 g/mol. The first kappa shape index (κ1) is 18.4. The van der Waals surface area contributed by atoms with Crippen molar-refractivity contribution in [3.05, 3.63) is 48.5 Å². The predicted octanol–water partition coefficient (Wildman–Crippen LogP) is 1.69. The lowest BCUT2D eigenvalue weighted by atomic mass is 10.0. The van der Waals surface area contributed by atoms with E-state index in [1.165, 1.54) is 6.33 Å². The molecule has 8 heteroatoms. The van der Waals surface area contributed by atoms with E-state index in [-0.39, 0.29) is 11.9 Å². The molecule has 1 aromatic carbocycles. The summed E-state index contributed by atoms with van der Waals surface area (Å²) in [6.45, 7) is 3.86. The van der Waals surface area contributed by atoms with Gasteiger partial charge in [-0.15, -0.1) is 0 Å². The summed E-state index contributed by atoms with van der Waals surface area (Å²) in [7, 11) is 0. The zero-order chi connectivity index (χ0) is 19.3. The maximum atomic E-state index is 12.3. The molecule has 2 aromatic heterocycles. The van der Waals surface area contributed by atoms with Crippen molar-refractivity contribution in [2.75, 3.05) is 25.4 Å². The maximum absolute atomic E-state index is 12.3. The minimum absolute atomic E-state index is 0.0206. The molecular weight excluding hydrogens is 354 g/mol. The number of amides is 1. The van der Waals surface area contributed by atoms with Crippen LogP contribution in [-0.2, 0) is 6.54 Å². The highest BCUT2D eigenvalue weighted by molar-refractivity contribution is 5.94. The number of likely N-dealkylation sites (tertiary alicyclic amines) is 1. The molecular formula is C20H25N7O. The number of aromatic nitrogens is 4. The molecule has 4 rings (SSSR count). The molecule has 1 fully saturated rings. The fourth-order valence-electron chi connectivity index (χ4n) is 3.69. The zero-order valence-electron chi connectivity index (χ0n) is 15.8. The number of imidazole rings is 1. The standard InChI is InChI=1S/C20H25N7O/c21-18-17-19(23-13-22-18)27(14-24-17)10-4-9-26-11-7-16(8-12-26)25-20(28)15-5-2-1-3-6-15/h1-3,5-6,13-14,16H,4,7-12H2,(H,25,28)(H2,21,22,23). The van der Waals surface area contributed by atoms with Gasteiger partial charge in [-0.1, -0.05) is 18.2 Å². The first-order valence-corrected chi connectivity index (χ1v) is 9.70. The van der Waals surface area contributed by atoms with E-state index < -0.39 is 0 Å². The first-order chi connectivity index (χ1) is 13.7. The van der Waals surface area contributed by atoms with Crippen molar-refractivity contribution < 1.29 is 4.79 Å². The molecule has 8 nitrogen and oxygen atoms in total. The number of carbonyl (C=O) groups is 1. The molecule has 0 bridgehead atoms. The van der Waals surface area contributed by atoms with Crippen LogP contribution in [0.2, 0.25) is 0 Å². The Morgan fingerprint density at radius 2 is 1.89 bits per heavy atom. The van der Waals surface area contributed by atoms with Crippen molar-refractivity contribution in [3.63, 3.8) is 0 Å². The highest BCUT2D eigenvalue weighted by Gasteiger charge is 2.21. The Hall–Kier alpha value is -3.00. The molecule has 3 heterocycles. The largest absolute Gasteiger partial charge is 0.382 e. The van der Waals surface area contributed by atoms with E-state index >= 15 is 0 Å². The number of hydrogen-bond acceptors (Lipinski definition) is 6. The number of fused-ring (bicyclic) bond motifs is 1. The molecule has 1 saturated heterocycles. The minimum Gasteiger partial charge on any atom is -0.382 e. The fourth-order valence-corrected chi connectivity index (χ4v) is 3.69. The van der Waals surface area contributed by atoms with Gasteiger partial charge in [0.05, 0.1) is 6.33 Å². The number of hydrogen-bond donors (Lipinski definition) is 2. The molecule has 0 radical (unpaired) electrons. The van der Waals surface area contributed by atoms with Crippen LogP contribution in [0.3, 0.4) is 0 Å². The van der Waals surface area contributed by atoms with Crippen molar-refractivity contribution in [1.29, 1.82) is 0 Å². The molecule has 146 valence electrons. The van der Waals surface area contributed by atoms with Crippen molar-refractivity contribution in [2.24, 2.45) is 0 Å². The number of aryl methyl sites for hydroxylation is 1. The highest BCUT2D eigenvalue weighted by atomic mass is 16.1. The molecule has 0 unspecified atom stereocenters. The number of anilines is 1. The SMILES string of the molecule is Nc1ncnc2c1ncn2CCCN1CCC(NC(=O)c2ccccc2)CC1. The van der Waals surface area contributed by atoms with E-state index in [0.717, 1.165) is 56.7 Å². The molecule has 1 aliphatic heterocycles. The van der Waals surface area contributed by atoms with Gasteiger partial charge in [-0.25, -0.2) is 15.0 Å². The Bertz CT molecular complexity index is 932. The molecule has 0 spiro atoms. The van der Waals surface area contributed by atoms with Crippen LogP contribution in [0.1, 0.15) is 29.6 Å². The highest BCUT2D eigenvalue weighted by Crippen LogP contribution is 2.15. The quantitative estimate of drug-likeness (QED) is 0.676. The fraction of sp³-hybridized carbons (Fsp3) is 0.400. The van der Waals surface area contributed by atoms with Crippen LogP contribution in [0.5, 0.6) is 0 Å². The lowest BCUT2D eigenvalue weighted by molar-refractivity contribution is 0.0910. The Balaban J connectivity index is 1.21. The first-order valence-electron chi connectivity index (χ1n) is 9.70. The number of benzene rings is 1. The summed E-state index contributed by atoms with van der Waals surface area (Å²) in [5.41, 5.74) is 8.01. The third kappa shape index (κ3) is 4.12. The topological polar surface area (TPSA) is 102 Å². The van der Waals surface area contributed by atoms with Gasteiger partial charge in [0.2, 0.25) is 0 Å². The van der Waals surface area contributed by atoms with Crippen LogP contribution in [0.15, 0.2) is 43.0 Å². The van der Waals surface area contributed by atoms with Gasteiger partial charge in [-0.05, 0) is 37.9 Å². The predicted molar refractivity (Wildman–Crippen MR) is 108 cm³/mol. The second-order valence-electron chi connectivity index (χ2n) is 7.18. The number of nitrogens with one attached hydrogen (secondary N) is 1. The number of nitrogens with two attached hydrogens (primary N) is 1. The summed E-state index contributed by atoms with van der Waals surface area (Å²) < 4.78 is 2.03. The molecule has 0 atom stereocenters. The van der Waals surface area contributed by atoms with Gasteiger partial charge in [-0.2, -0.15) is 0 Å². The van der Waals surface area contributed by atoms with E-state index in [2.05, 4.69) is 25.2 Å². The van der Waals surface area contributed by atoms with Crippen molar-refractivity contribution in [1.82, 2.24) is 29.7 Å². The summed E-state index contributed by atoms with van der Waals surface area (Å²) in [6, 6.07) is 9.65. The average molecular weight is 379 g/mol. The summed E-state index contributed by atoms with van der Waals surface area (Å²) in [6.07, 6.45) is 6.23. The van der Waals surface area contributed by atoms with Crippen LogP contribution in [0, 0.1) is 0 Å². The van der Waals surface area contributed by atoms with Crippen molar-refractivity contribution >= 4 is 22.9 Å². The minimum atomic E-state index is 0.0206. The Morgan fingerprint density at radius 3 is 2.68 bits per heavy atom. The summed E-state index contributed by atoms with van der Waals surface area (Å²) in [4.78, 5) is 27.3. The van der Waals surface area contributed by atoms with Crippen LogP contribution >= 0.6 is 0 Å². The molecule has 28 heavy (non-hydrogen) atoms. The number of piperidine rings is 1. The van der Waals surface area contributed by atoms with Crippen molar-refractivity contribution in [2.45, 2.75) is 31.8 Å². The Labute approximate surface area is 163 Å². The molecule has 3 aromatic rings. The van der Waals surface area contributed by atoms with E-state index in [1.54, 1.807) is 6.33 Å². The van der Waals surface area contributed by atoms with Gasteiger partial charge in [0.1, 0.15) is 11.8 Å². The van der Waals surface area contributed by atoms with Gasteiger partial charge in [0.25, 0.3) is 5.91 Å². The molecule has 0 aliphatic carbocycles. The van der Waals surface area contributed by atoms with Crippen LogP contribution in [0.4, 0.5) is 5.82 Å². The Morgan fingerprint density at radius 1 is 1.11 bits per heavy atom. The van der Waals surface area contributed by atoms with Gasteiger partial charge in [0, 0.05) is 31.2 Å². The third-order valence-electron chi connectivity index (χ3n) is 5.26. The van der Waals surface area contributed by atoms with Crippen LogP contribution in [-0.4, -0.2) is 56.0 Å². The van der Waals surface area contributed by atoms with E-state index in [9.17, 15) is 4.79 Å². The van der Waals surface area contributed by atoms with E-state index in [1.807, 2.05) is 34.9 Å². The molecule has 1 aliphatic rings. The third-order valence-corrected chi connectivity index (χ3v) is 5.26. The summed E-state index contributed by atoms with van der Waals surface area (Å²) >= 11 is 0. The van der Waals surface area contributed by atoms with Gasteiger partial charge < -0.3 is 20.5 Å². The second-order valence-corrected chi connectivity index (χ2v) is 7.18. The lowest BCUT2D eigenvalue weighted by Gasteiger charge is -2.32. The smallest absolute Gasteiger partial charge is 0.251 e. The lowest BCUT2D eigenvalue weighted by Crippen LogP contribution is -2.44. The van der Waals surface area contributed by atoms with Crippen LogP contribution < -0.4 is 11.1 Å². The summed E-state index contributed by atoms with van der Waals surface area (Å²) in [5, 5.41) is 3.16. The maximum Gasteiger partial charge on any atom is 0.251 e. The molecule has 3 N–H and O–H groups in total. The van der Waals surface area contributed by atoms with Gasteiger partial charge in [0.15, 0.2) is 11.5 Å². The van der Waals surface area contributed by atoms with Crippen molar-refractivity contribution in [3.8, 4) is 0 Å². The number of rotatable bonds is 6. The second kappa shape index (κ2) is 8.35. The van der Waals surface area contributed by atoms with E-state index in [0.29, 0.717) is 11.3 Å². The van der Waals surface area contributed by atoms with Gasteiger partial charge in [-0.3, -0.25) is 4.79 Å². The molecule has 0 saturated carbocycles. The number of nitrogen functional groups attached to an aromatic ring is 1. The Kier molecular flexibility index (Phi) is 5.48. The van der Waals surface area contributed by atoms with E-state index in [4.69, 9.17) is 5.73 Å². The van der Waals surface area contributed by atoms with Gasteiger partial charge >= 0.3 is 0 Å². The average Bonchev–Trinajstić information content (AvgIpc) is 3.14. The number of nitrogens with zero attached hydrogens (tertiary/aromatic N) is 5. The van der Waals surface area contributed by atoms with Crippen LogP contribution in [0.25, 0.3) is 11.2 Å². The molecule has 1 amide bonds.